The number of phenols is 1. The first-order valence-electron chi connectivity index (χ1n) is 10.1. The first-order valence-corrected chi connectivity index (χ1v) is 10.1. The molecule has 2 aromatic carbocycles. The number of hydrogen-bond donors (Lipinski definition) is 1. The minimum atomic E-state index is -0.230. The summed E-state index contributed by atoms with van der Waals surface area (Å²) in [6.07, 6.45) is 4.23. The van der Waals surface area contributed by atoms with E-state index in [9.17, 15) is 14.3 Å². The van der Waals surface area contributed by atoms with E-state index in [-0.39, 0.29) is 17.9 Å². The lowest BCUT2D eigenvalue weighted by Crippen LogP contribution is -2.48. The van der Waals surface area contributed by atoms with Crippen LogP contribution in [0, 0.1) is 5.82 Å². The van der Waals surface area contributed by atoms with Crippen LogP contribution in [-0.2, 0) is 11.3 Å². The summed E-state index contributed by atoms with van der Waals surface area (Å²) in [6, 6.07) is 14.3. The van der Waals surface area contributed by atoms with Gasteiger partial charge in [-0.05, 0) is 73.7 Å². The zero-order valence-electron chi connectivity index (χ0n) is 16.0. The van der Waals surface area contributed by atoms with Gasteiger partial charge in [0.2, 0.25) is 0 Å². The highest BCUT2D eigenvalue weighted by atomic mass is 19.1. The molecule has 0 aliphatic carbocycles. The van der Waals surface area contributed by atoms with E-state index in [0.717, 1.165) is 50.7 Å². The molecule has 5 heteroatoms. The van der Waals surface area contributed by atoms with Crippen molar-refractivity contribution in [3.05, 3.63) is 65.5 Å². The Labute approximate surface area is 165 Å². The molecular weight excluding hydrogens is 355 g/mol. The fraction of sp³-hybridized carbons (Fsp3) is 0.435. The van der Waals surface area contributed by atoms with Crippen molar-refractivity contribution < 1.29 is 14.3 Å². The number of rotatable bonds is 5. The average molecular weight is 382 g/mol. The second kappa shape index (κ2) is 8.41. The van der Waals surface area contributed by atoms with Crippen molar-refractivity contribution in [2.24, 2.45) is 0 Å². The number of carbonyl (C=O) groups excluding carboxylic acids is 1. The molecule has 4 nitrogen and oxygen atoms in total. The van der Waals surface area contributed by atoms with Crippen LogP contribution in [0.5, 0.6) is 5.75 Å². The van der Waals surface area contributed by atoms with Gasteiger partial charge in [-0.15, -0.1) is 0 Å². The van der Waals surface area contributed by atoms with Crippen LogP contribution >= 0.6 is 0 Å². The molecule has 2 unspecified atom stereocenters. The standard InChI is InChI=1S/C23H27FN2O2/c24-20-5-1-17(2-6-20)15-26-14-11-22(23(26)16-27)25-12-9-19(10-13-25)18-3-7-21(28)8-4-18/h1-8,16,19,22-23,28H,9-15H2. The summed E-state index contributed by atoms with van der Waals surface area (Å²) >= 11 is 0. The Hall–Kier alpha value is -2.24. The second-order valence-electron chi connectivity index (χ2n) is 7.98. The molecule has 0 radical (unpaired) electrons. The minimum absolute atomic E-state index is 0.102. The number of aromatic hydroxyl groups is 1. The lowest BCUT2D eigenvalue weighted by atomic mass is 9.88. The topological polar surface area (TPSA) is 43.8 Å². The minimum Gasteiger partial charge on any atom is -0.508 e. The van der Waals surface area contributed by atoms with Crippen LogP contribution < -0.4 is 0 Å². The Balaban J connectivity index is 1.36. The van der Waals surface area contributed by atoms with Gasteiger partial charge in [-0.25, -0.2) is 4.39 Å². The number of halogens is 1. The Kier molecular flexibility index (Phi) is 5.74. The molecule has 2 aromatic rings. The Morgan fingerprint density at radius 1 is 0.964 bits per heavy atom. The fourth-order valence-corrected chi connectivity index (χ4v) is 4.76. The Bertz CT molecular complexity index is 785. The first kappa shape index (κ1) is 19.1. The number of benzene rings is 2. The maximum atomic E-state index is 13.1. The quantitative estimate of drug-likeness (QED) is 0.803. The maximum Gasteiger partial charge on any atom is 0.138 e. The van der Waals surface area contributed by atoms with Crippen LogP contribution in [0.4, 0.5) is 4.39 Å². The molecule has 0 spiro atoms. The first-order chi connectivity index (χ1) is 13.6. The summed E-state index contributed by atoms with van der Waals surface area (Å²) < 4.78 is 13.1. The third-order valence-corrected chi connectivity index (χ3v) is 6.33. The molecule has 148 valence electrons. The second-order valence-corrected chi connectivity index (χ2v) is 7.98. The van der Waals surface area contributed by atoms with Crippen molar-refractivity contribution in [3.63, 3.8) is 0 Å². The highest BCUT2D eigenvalue weighted by molar-refractivity contribution is 5.60. The summed E-state index contributed by atoms with van der Waals surface area (Å²) in [5.41, 5.74) is 2.33. The zero-order chi connectivity index (χ0) is 19.5. The van der Waals surface area contributed by atoms with E-state index in [1.807, 2.05) is 12.1 Å². The Morgan fingerprint density at radius 2 is 1.64 bits per heavy atom. The van der Waals surface area contributed by atoms with Crippen LogP contribution in [0.3, 0.4) is 0 Å². The number of nitrogens with zero attached hydrogens (tertiary/aromatic N) is 2. The van der Waals surface area contributed by atoms with E-state index in [4.69, 9.17) is 0 Å². The zero-order valence-corrected chi connectivity index (χ0v) is 16.0. The van der Waals surface area contributed by atoms with Crippen molar-refractivity contribution in [2.75, 3.05) is 19.6 Å². The smallest absolute Gasteiger partial charge is 0.138 e. The van der Waals surface area contributed by atoms with Gasteiger partial charge in [0.1, 0.15) is 17.9 Å². The van der Waals surface area contributed by atoms with Gasteiger partial charge in [-0.2, -0.15) is 0 Å². The predicted octanol–water partition coefficient (Wildman–Crippen LogP) is 3.55. The molecule has 2 heterocycles. The van der Waals surface area contributed by atoms with E-state index < -0.39 is 0 Å². The largest absolute Gasteiger partial charge is 0.508 e. The van der Waals surface area contributed by atoms with Crippen molar-refractivity contribution in [1.82, 2.24) is 9.80 Å². The van der Waals surface area contributed by atoms with Crippen LogP contribution in [0.15, 0.2) is 48.5 Å². The van der Waals surface area contributed by atoms with E-state index in [1.165, 1.54) is 17.7 Å². The molecule has 28 heavy (non-hydrogen) atoms. The highest BCUT2D eigenvalue weighted by Crippen LogP contribution is 2.33. The number of aldehydes is 1. The number of hydrogen-bond acceptors (Lipinski definition) is 4. The van der Waals surface area contributed by atoms with Crippen molar-refractivity contribution in [2.45, 2.75) is 43.8 Å². The van der Waals surface area contributed by atoms with Crippen LogP contribution in [0.2, 0.25) is 0 Å². The van der Waals surface area contributed by atoms with Gasteiger partial charge in [0.15, 0.2) is 0 Å². The third kappa shape index (κ3) is 4.10. The molecule has 2 fully saturated rings. The van der Waals surface area contributed by atoms with Crippen molar-refractivity contribution in [1.29, 1.82) is 0 Å². The summed E-state index contributed by atoms with van der Waals surface area (Å²) in [6.45, 7) is 3.56. The predicted molar refractivity (Wildman–Crippen MR) is 107 cm³/mol. The highest BCUT2D eigenvalue weighted by Gasteiger charge is 2.38. The summed E-state index contributed by atoms with van der Waals surface area (Å²) in [7, 11) is 0. The van der Waals surface area contributed by atoms with E-state index in [1.54, 1.807) is 24.3 Å². The lowest BCUT2D eigenvalue weighted by molar-refractivity contribution is -0.113. The third-order valence-electron chi connectivity index (χ3n) is 6.33. The number of piperidine rings is 1. The average Bonchev–Trinajstić information content (AvgIpc) is 3.13. The molecule has 2 aliphatic rings. The molecule has 4 rings (SSSR count). The summed E-state index contributed by atoms with van der Waals surface area (Å²) in [5, 5.41) is 9.48. The molecule has 2 saturated heterocycles. The molecule has 1 N–H and O–H groups in total. The van der Waals surface area contributed by atoms with Gasteiger partial charge in [-0.1, -0.05) is 24.3 Å². The molecule has 0 amide bonds. The van der Waals surface area contributed by atoms with E-state index in [0.29, 0.717) is 18.2 Å². The number of phenolic OH excluding ortho intramolecular Hbond substituents is 1. The van der Waals surface area contributed by atoms with E-state index >= 15 is 0 Å². The van der Waals surface area contributed by atoms with Gasteiger partial charge in [0.25, 0.3) is 0 Å². The van der Waals surface area contributed by atoms with Gasteiger partial charge in [-0.3, -0.25) is 9.80 Å². The van der Waals surface area contributed by atoms with Gasteiger partial charge >= 0.3 is 0 Å². The van der Waals surface area contributed by atoms with Gasteiger partial charge < -0.3 is 9.90 Å². The lowest BCUT2D eigenvalue weighted by Gasteiger charge is -2.38. The summed E-state index contributed by atoms with van der Waals surface area (Å²) in [4.78, 5) is 16.6. The van der Waals surface area contributed by atoms with Gasteiger partial charge in [0.05, 0.1) is 6.04 Å². The van der Waals surface area contributed by atoms with Crippen LogP contribution in [0.25, 0.3) is 0 Å². The monoisotopic (exact) mass is 382 g/mol. The van der Waals surface area contributed by atoms with Gasteiger partial charge in [0, 0.05) is 19.1 Å². The number of likely N-dealkylation sites (tertiary alicyclic amines) is 2. The van der Waals surface area contributed by atoms with Crippen molar-refractivity contribution >= 4 is 6.29 Å². The fourth-order valence-electron chi connectivity index (χ4n) is 4.76. The van der Waals surface area contributed by atoms with Crippen molar-refractivity contribution in [3.8, 4) is 5.75 Å². The normalized spacial score (nSPS) is 24.5. The summed E-state index contributed by atoms with van der Waals surface area (Å²) in [5.74, 6) is 0.594. The maximum absolute atomic E-state index is 13.1. The SMILES string of the molecule is O=CC1C(N2CCC(c3ccc(O)cc3)CC2)CCN1Cc1ccc(F)cc1. The number of carbonyl (C=O) groups is 1. The molecular formula is C23H27FN2O2. The van der Waals surface area contributed by atoms with Crippen LogP contribution in [0.1, 0.15) is 36.3 Å². The molecule has 0 bridgehead atoms. The van der Waals surface area contributed by atoms with Crippen LogP contribution in [-0.4, -0.2) is 52.9 Å². The molecule has 0 aromatic heterocycles. The van der Waals surface area contributed by atoms with E-state index in [2.05, 4.69) is 9.80 Å². The molecule has 2 atom stereocenters. The molecule has 0 saturated carbocycles. The Morgan fingerprint density at radius 3 is 2.29 bits per heavy atom. The molecule has 2 aliphatic heterocycles.